The Morgan fingerprint density at radius 1 is 1.40 bits per heavy atom. The van der Waals surface area contributed by atoms with Gasteiger partial charge in [0.25, 0.3) is 5.91 Å². The van der Waals surface area contributed by atoms with E-state index in [4.69, 9.17) is 11.6 Å². The number of thioether (sulfide) groups is 1. The summed E-state index contributed by atoms with van der Waals surface area (Å²) in [6, 6.07) is 7.32. The van der Waals surface area contributed by atoms with Crippen LogP contribution in [0.3, 0.4) is 0 Å². The number of carbonyl (C=O) groups is 1. The molecule has 25 heavy (non-hydrogen) atoms. The van der Waals surface area contributed by atoms with Crippen LogP contribution in [0.5, 0.6) is 0 Å². The van der Waals surface area contributed by atoms with Gasteiger partial charge in [-0.25, -0.2) is 8.42 Å². The third-order valence-corrected chi connectivity index (χ3v) is 8.33. The zero-order valence-corrected chi connectivity index (χ0v) is 16.6. The molecule has 1 aromatic rings. The number of halogens is 1. The van der Waals surface area contributed by atoms with Crippen LogP contribution >= 0.6 is 23.4 Å². The molecule has 0 saturated carbocycles. The van der Waals surface area contributed by atoms with Crippen LogP contribution < -0.4 is 0 Å². The van der Waals surface area contributed by atoms with Crippen LogP contribution in [0.4, 0.5) is 0 Å². The van der Waals surface area contributed by atoms with Crippen molar-refractivity contribution in [3.8, 4) is 0 Å². The number of rotatable bonds is 4. The van der Waals surface area contributed by atoms with Crippen molar-refractivity contribution >= 4 is 44.3 Å². The summed E-state index contributed by atoms with van der Waals surface area (Å²) >= 11 is 7.68. The average Bonchev–Trinajstić information content (AvgIpc) is 3.01. The molecule has 0 unspecified atom stereocenters. The standard InChI is InChI=1S/C17H21ClN2O3S2/c1-3-11(2)16(21)19-17-20(8-12-6-4-5-7-13(12)18)14-9-25(22,23)10-15(14)24-17/h4-7,11,14-15H,3,8-10H2,1-2H3/t11-,14-,15+/m0/s1. The van der Waals surface area contributed by atoms with Gasteiger partial charge in [0.15, 0.2) is 15.0 Å². The predicted molar refractivity (Wildman–Crippen MR) is 103 cm³/mol. The fourth-order valence-corrected chi connectivity index (χ4v) is 7.16. The Kier molecular flexibility index (Phi) is 5.46. The Balaban J connectivity index is 1.91. The highest BCUT2D eigenvalue weighted by molar-refractivity contribution is 8.15. The Bertz CT molecular complexity index is 810. The molecule has 0 spiro atoms. The van der Waals surface area contributed by atoms with Crippen molar-refractivity contribution in [3.05, 3.63) is 34.9 Å². The molecule has 3 atom stereocenters. The molecule has 136 valence electrons. The van der Waals surface area contributed by atoms with Gasteiger partial charge in [-0.2, -0.15) is 4.99 Å². The smallest absolute Gasteiger partial charge is 0.250 e. The fourth-order valence-electron chi connectivity index (χ4n) is 3.01. The zero-order valence-electron chi connectivity index (χ0n) is 14.2. The van der Waals surface area contributed by atoms with Crippen LogP contribution in [0, 0.1) is 5.92 Å². The number of hydrogen-bond donors (Lipinski definition) is 0. The molecule has 2 fully saturated rings. The van der Waals surface area contributed by atoms with E-state index in [1.54, 1.807) is 0 Å². The largest absolute Gasteiger partial charge is 0.342 e. The molecular weight excluding hydrogens is 380 g/mol. The second-order valence-corrected chi connectivity index (χ2v) is 10.3. The predicted octanol–water partition coefficient (Wildman–Crippen LogP) is 2.98. The van der Waals surface area contributed by atoms with Gasteiger partial charge in [0.1, 0.15) is 0 Å². The van der Waals surface area contributed by atoms with E-state index in [0.29, 0.717) is 16.7 Å². The first-order chi connectivity index (χ1) is 11.8. The second-order valence-electron chi connectivity index (χ2n) is 6.56. The van der Waals surface area contributed by atoms with Crippen LogP contribution in [0.15, 0.2) is 29.3 Å². The number of sulfone groups is 1. The van der Waals surface area contributed by atoms with E-state index in [2.05, 4.69) is 4.99 Å². The Morgan fingerprint density at radius 2 is 2.12 bits per heavy atom. The minimum absolute atomic E-state index is 0.0732. The maximum atomic E-state index is 12.3. The maximum absolute atomic E-state index is 12.3. The van der Waals surface area contributed by atoms with E-state index < -0.39 is 9.84 Å². The summed E-state index contributed by atoms with van der Waals surface area (Å²) in [5.41, 5.74) is 0.901. The van der Waals surface area contributed by atoms with Gasteiger partial charge < -0.3 is 4.90 Å². The number of hydrogen-bond acceptors (Lipinski definition) is 4. The topological polar surface area (TPSA) is 66.8 Å². The van der Waals surface area contributed by atoms with E-state index in [1.807, 2.05) is 43.0 Å². The van der Waals surface area contributed by atoms with Crippen LogP contribution in [-0.4, -0.2) is 47.2 Å². The highest BCUT2D eigenvalue weighted by Crippen LogP contribution is 2.39. The molecule has 3 rings (SSSR count). The van der Waals surface area contributed by atoms with Crippen molar-refractivity contribution in [2.45, 2.75) is 38.1 Å². The summed E-state index contributed by atoms with van der Waals surface area (Å²) in [4.78, 5) is 18.5. The van der Waals surface area contributed by atoms with Crippen molar-refractivity contribution in [2.75, 3.05) is 11.5 Å². The number of amides is 1. The van der Waals surface area contributed by atoms with E-state index in [9.17, 15) is 13.2 Å². The quantitative estimate of drug-likeness (QED) is 0.777. The molecule has 0 N–H and O–H groups in total. The summed E-state index contributed by atoms with van der Waals surface area (Å²) in [5, 5.41) is 1.18. The Hall–Kier alpha value is -1.05. The molecule has 2 aliphatic rings. The van der Waals surface area contributed by atoms with Crippen LogP contribution in [-0.2, 0) is 21.2 Å². The van der Waals surface area contributed by atoms with E-state index in [1.165, 1.54) is 11.8 Å². The Labute approximate surface area is 157 Å². The highest BCUT2D eigenvalue weighted by atomic mass is 35.5. The molecule has 2 aliphatic heterocycles. The summed E-state index contributed by atoms with van der Waals surface area (Å²) in [5.74, 6) is -0.0553. The van der Waals surface area contributed by atoms with Gasteiger partial charge in [-0.3, -0.25) is 4.79 Å². The zero-order chi connectivity index (χ0) is 18.2. The molecule has 0 aromatic heterocycles. The van der Waals surface area contributed by atoms with Gasteiger partial charge in [0.2, 0.25) is 0 Å². The molecule has 0 aliphatic carbocycles. The summed E-state index contributed by atoms with van der Waals surface area (Å²) < 4.78 is 24.0. The maximum Gasteiger partial charge on any atom is 0.250 e. The number of nitrogens with zero attached hydrogens (tertiary/aromatic N) is 2. The number of fused-ring (bicyclic) bond motifs is 1. The van der Waals surface area contributed by atoms with Crippen molar-refractivity contribution in [2.24, 2.45) is 10.9 Å². The Morgan fingerprint density at radius 3 is 2.80 bits per heavy atom. The van der Waals surface area contributed by atoms with E-state index in [0.717, 1.165) is 12.0 Å². The third kappa shape index (κ3) is 4.04. The van der Waals surface area contributed by atoms with E-state index in [-0.39, 0.29) is 34.6 Å². The molecular formula is C17H21ClN2O3S2. The minimum Gasteiger partial charge on any atom is -0.342 e. The molecule has 2 saturated heterocycles. The molecule has 0 radical (unpaired) electrons. The summed E-state index contributed by atoms with van der Waals surface area (Å²) in [6.07, 6.45) is 0.728. The van der Waals surface area contributed by atoms with Gasteiger partial charge in [-0.05, 0) is 18.1 Å². The first-order valence-electron chi connectivity index (χ1n) is 8.30. The number of amidine groups is 1. The van der Waals surface area contributed by atoms with Crippen LogP contribution in [0.2, 0.25) is 5.02 Å². The molecule has 1 amide bonds. The normalized spacial score (nSPS) is 27.5. The van der Waals surface area contributed by atoms with Crippen molar-refractivity contribution < 1.29 is 13.2 Å². The molecule has 8 heteroatoms. The first kappa shape index (κ1) is 18.7. The first-order valence-corrected chi connectivity index (χ1v) is 11.4. The van der Waals surface area contributed by atoms with Gasteiger partial charge in [-0.1, -0.05) is 55.4 Å². The van der Waals surface area contributed by atoms with Gasteiger partial charge >= 0.3 is 0 Å². The van der Waals surface area contributed by atoms with Crippen LogP contribution in [0.1, 0.15) is 25.8 Å². The van der Waals surface area contributed by atoms with Gasteiger partial charge in [-0.15, -0.1) is 0 Å². The van der Waals surface area contributed by atoms with Crippen molar-refractivity contribution in [1.82, 2.24) is 4.90 Å². The average molecular weight is 401 g/mol. The summed E-state index contributed by atoms with van der Waals surface area (Å²) in [7, 11) is -3.05. The molecule has 0 bridgehead atoms. The van der Waals surface area contributed by atoms with Crippen LogP contribution in [0.25, 0.3) is 0 Å². The fraction of sp³-hybridized carbons (Fsp3) is 0.529. The lowest BCUT2D eigenvalue weighted by Gasteiger charge is -2.25. The van der Waals surface area contributed by atoms with Gasteiger partial charge in [0.05, 0.1) is 17.5 Å². The van der Waals surface area contributed by atoms with E-state index >= 15 is 0 Å². The summed E-state index contributed by atoms with van der Waals surface area (Å²) in [6.45, 7) is 4.26. The second kappa shape index (κ2) is 7.29. The number of benzene rings is 1. The number of aliphatic imine (C=N–C) groups is 1. The molecule has 1 aromatic carbocycles. The third-order valence-electron chi connectivity index (χ3n) is 4.71. The monoisotopic (exact) mass is 400 g/mol. The molecule has 2 heterocycles. The lowest BCUT2D eigenvalue weighted by molar-refractivity contribution is -0.121. The SMILES string of the molecule is CC[C@H](C)C(=O)N=C1S[C@@H]2CS(=O)(=O)C[C@@H]2N1Cc1ccccc1Cl. The van der Waals surface area contributed by atoms with Crippen molar-refractivity contribution in [3.63, 3.8) is 0 Å². The number of carbonyl (C=O) groups excluding carboxylic acids is 1. The van der Waals surface area contributed by atoms with Gasteiger partial charge in [0, 0.05) is 22.7 Å². The lowest BCUT2D eigenvalue weighted by Crippen LogP contribution is -2.37. The lowest BCUT2D eigenvalue weighted by atomic mass is 10.1. The molecule has 5 nitrogen and oxygen atoms in total. The highest BCUT2D eigenvalue weighted by Gasteiger charge is 2.48. The minimum atomic E-state index is -3.05. The van der Waals surface area contributed by atoms with Crippen molar-refractivity contribution in [1.29, 1.82) is 0 Å².